The van der Waals surface area contributed by atoms with Gasteiger partial charge in [0.15, 0.2) is 0 Å². The second kappa shape index (κ2) is 7.66. The van der Waals surface area contributed by atoms with Crippen molar-refractivity contribution in [2.24, 2.45) is 0 Å². The van der Waals surface area contributed by atoms with Crippen LogP contribution in [0, 0.1) is 0 Å². The van der Waals surface area contributed by atoms with Gasteiger partial charge in [0.1, 0.15) is 25.5 Å². The number of hydrogen-bond donors (Lipinski definition) is 0. The predicted octanol–water partition coefficient (Wildman–Crippen LogP) is 0.882. The quantitative estimate of drug-likeness (QED) is 0.524. The Balaban J connectivity index is 1.76. The maximum Gasteiger partial charge on any atom is 0.244 e. The van der Waals surface area contributed by atoms with Crippen LogP contribution in [0.5, 0.6) is 0 Å². The van der Waals surface area contributed by atoms with Gasteiger partial charge in [-0.15, -0.1) is 0 Å². The van der Waals surface area contributed by atoms with Crippen LogP contribution in [0.15, 0.2) is 43.1 Å². The minimum absolute atomic E-state index is 0.644. The Kier molecular flexibility index (Phi) is 5.52. The minimum Gasteiger partial charge on any atom is -0.382 e. The normalized spacial score (nSPS) is 10.8. The van der Waals surface area contributed by atoms with Crippen molar-refractivity contribution >= 4 is 0 Å². The lowest BCUT2D eigenvalue weighted by Crippen LogP contribution is -2.32. The van der Waals surface area contributed by atoms with E-state index in [-0.39, 0.29) is 0 Å². The predicted molar refractivity (Wildman–Crippen MR) is 70.7 cm³/mol. The summed E-state index contributed by atoms with van der Waals surface area (Å²) in [7, 11) is 1.68. The molecule has 0 aromatic carbocycles. The smallest absolute Gasteiger partial charge is 0.244 e. The number of aromatic nitrogens is 3. The average Bonchev–Trinajstić information content (AvgIpc) is 2.87. The number of methoxy groups -OCH3 is 1. The molecule has 0 radical (unpaired) electrons. The molecule has 19 heavy (non-hydrogen) atoms. The molecule has 0 bridgehead atoms. The molecule has 2 rings (SSSR count). The molecule has 0 saturated carbocycles. The first-order valence-electron chi connectivity index (χ1n) is 6.40. The first kappa shape index (κ1) is 13.7. The fraction of sp³-hybridized carbons (Fsp3) is 0.429. The van der Waals surface area contributed by atoms with E-state index in [1.54, 1.807) is 7.11 Å². The molecule has 2 aromatic heterocycles. The van der Waals surface area contributed by atoms with E-state index in [1.807, 2.05) is 36.8 Å². The van der Waals surface area contributed by atoms with Crippen molar-refractivity contribution in [3.63, 3.8) is 0 Å². The Morgan fingerprint density at radius 1 is 1.26 bits per heavy atom. The number of rotatable bonds is 8. The first-order valence-corrected chi connectivity index (χ1v) is 6.40. The molecule has 5 heteroatoms. The van der Waals surface area contributed by atoms with Crippen molar-refractivity contribution in [2.45, 2.75) is 13.1 Å². The molecule has 0 aliphatic heterocycles. The van der Waals surface area contributed by atoms with Crippen LogP contribution < -0.4 is 4.57 Å². The van der Waals surface area contributed by atoms with Crippen LogP contribution in [0.25, 0.3) is 0 Å². The summed E-state index contributed by atoms with van der Waals surface area (Å²) in [5.41, 5.74) is 1.06. The Labute approximate surface area is 113 Å². The summed E-state index contributed by atoms with van der Waals surface area (Å²) in [5.74, 6) is 0. The largest absolute Gasteiger partial charge is 0.382 e. The maximum atomic E-state index is 5.44. The standard InChI is InChI=1S/C14H20N3O2/c1-18-10-11-19-9-8-16-6-7-17(13-16)12-14-4-2-3-5-15-14/h2-7,13H,8-12H2,1H3/q+1. The third-order valence-electron chi connectivity index (χ3n) is 2.74. The van der Waals surface area contributed by atoms with Gasteiger partial charge in [0, 0.05) is 13.3 Å². The molecule has 2 aromatic rings. The zero-order valence-corrected chi connectivity index (χ0v) is 11.2. The molecule has 0 unspecified atom stereocenters. The highest BCUT2D eigenvalue weighted by atomic mass is 16.5. The van der Waals surface area contributed by atoms with Gasteiger partial charge in [-0.05, 0) is 12.1 Å². The van der Waals surface area contributed by atoms with E-state index in [4.69, 9.17) is 9.47 Å². The first-order chi connectivity index (χ1) is 9.38. The van der Waals surface area contributed by atoms with E-state index < -0.39 is 0 Å². The zero-order valence-electron chi connectivity index (χ0n) is 11.2. The molecule has 5 nitrogen and oxygen atoms in total. The van der Waals surface area contributed by atoms with Crippen molar-refractivity contribution in [3.8, 4) is 0 Å². The van der Waals surface area contributed by atoms with Crippen molar-refractivity contribution in [2.75, 3.05) is 26.9 Å². The van der Waals surface area contributed by atoms with Crippen LogP contribution in [0.1, 0.15) is 5.69 Å². The molecule has 0 saturated heterocycles. The van der Waals surface area contributed by atoms with Crippen LogP contribution >= 0.6 is 0 Å². The SMILES string of the molecule is COCCOCCn1cc[n+](Cc2ccccn2)c1. The van der Waals surface area contributed by atoms with Gasteiger partial charge in [0.25, 0.3) is 0 Å². The number of imidazole rings is 1. The van der Waals surface area contributed by atoms with Crippen LogP contribution in [0.2, 0.25) is 0 Å². The van der Waals surface area contributed by atoms with Gasteiger partial charge >= 0.3 is 0 Å². The van der Waals surface area contributed by atoms with Crippen LogP contribution in [-0.2, 0) is 22.6 Å². The fourth-order valence-corrected chi connectivity index (χ4v) is 1.76. The van der Waals surface area contributed by atoms with Crippen LogP contribution in [0.3, 0.4) is 0 Å². The molecule has 0 spiro atoms. The summed E-state index contributed by atoms with van der Waals surface area (Å²) in [6, 6.07) is 5.96. The molecule has 0 amide bonds. The van der Waals surface area contributed by atoms with E-state index in [2.05, 4.69) is 20.4 Å². The molecule has 2 heterocycles. The zero-order chi connectivity index (χ0) is 13.3. The molecule has 0 fully saturated rings. The molecular formula is C14H20N3O2+. The van der Waals surface area contributed by atoms with E-state index in [9.17, 15) is 0 Å². The number of ether oxygens (including phenoxy) is 2. The lowest BCUT2D eigenvalue weighted by Gasteiger charge is -2.00. The highest BCUT2D eigenvalue weighted by Gasteiger charge is 2.04. The van der Waals surface area contributed by atoms with Crippen molar-refractivity contribution in [1.29, 1.82) is 0 Å². The Hall–Kier alpha value is -1.72. The average molecular weight is 262 g/mol. The molecule has 0 aliphatic rings. The van der Waals surface area contributed by atoms with Crippen molar-refractivity contribution < 1.29 is 14.0 Å². The highest BCUT2D eigenvalue weighted by Crippen LogP contribution is 1.93. The van der Waals surface area contributed by atoms with E-state index in [0.717, 1.165) is 18.8 Å². The van der Waals surface area contributed by atoms with E-state index in [1.165, 1.54) is 0 Å². The topological polar surface area (TPSA) is 40.2 Å². The second-order valence-corrected chi connectivity index (χ2v) is 4.25. The monoisotopic (exact) mass is 262 g/mol. The van der Waals surface area contributed by atoms with Crippen LogP contribution in [-0.4, -0.2) is 36.5 Å². The molecule has 0 N–H and O–H groups in total. The molecule has 102 valence electrons. The fourth-order valence-electron chi connectivity index (χ4n) is 1.76. The van der Waals surface area contributed by atoms with Crippen LogP contribution in [0.4, 0.5) is 0 Å². The third kappa shape index (κ3) is 4.81. The minimum atomic E-state index is 0.644. The second-order valence-electron chi connectivity index (χ2n) is 4.25. The van der Waals surface area contributed by atoms with Gasteiger partial charge in [-0.2, -0.15) is 0 Å². The highest BCUT2D eigenvalue weighted by molar-refractivity contribution is 5.01. The van der Waals surface area contributed by atoms with Gasteiger partial charge in [0.2, 0.25) is 6.33 Å². The Morgan fingerprint density at radius 2 is 2.21 bits per heavy atom. The van der Waals surface area contributed by atoms with E-state index in [0.29, 0.717) is 19.8 Å². The lowest BCUT2D eigenvalue weighted by atomic mass is 10.3. The summed E-state index contributed by atoms with van der Waals surface area (Å²) < 4.78 is 14.6. The van der Waals surface area contributed by atoms with Gasteiger partial charge in [0.05, 0.1) is 25.5 Å². The Bertz CT molecular complexity index is 471. The lowest BCUT2D eigenvalue weighted by molar-refractivity contribution is -0.688. The van der Waals surface area contributed by atoms with Crippen molar-refractivity contribution in [1.82, 2.24) is 9.55 Å². The summed E-state index contributed by atoms with van der Waals surface area (Å²) in [5, 5.41) is 0. The number of hydrogen-bond acceptors (Lipinski definition) is 3. The Morgan fingerprint density at radius 3 is 3.00 bits per heavy atom. The number of nitrogens with zero attached hydrogens (tertiary/aromatic N) is 3. The summed E-state index contributed by atoms with van der Waals surface area (Å²) >= 11 is 0. The number of pyridine rings is 1. The van der Waals surface area contributed by atoms with E-state index >= 15 is 0 Å². The summed E-state index contributed by atoms with van der Waals surface area (Å²) in [6.07, 6.45) is 7.97. The molecular weight excluding hydrogens is 242 g/mol. The van der Waals surface area contributed by atoms with Gasteiger partial charge in [-0.1, -0.05) is 6.07 Å². The van der Waals surface area contributed by atoms with Gasteiger partial charge in [-0.3, -0.25) is 4.98 Å². The molecule has 0 atom stereocenters. The van der Waals surface area contributed by atoms with Gasteiger partial charge in [-0.25, -0.2) is 9.13 Å². The third-order valence-corrected chi connectivity index (χ3v) is 2.74. The van der Waals surface area contributed by atoms with Gasteiger partial charge < -0.3 is 9.47 Å². The van der Waals surface area contributed by atoms with Crippen molar-refractivity contribution in [3.05, 3.63) is 48.8 Å². The molecule has 0 aliphatic carbocycles. The summed E-state index contributed by atoms with van der Waals surface area (Å²) in [4.78, 5) is 4.31. The maximum absolute atomic E-state index is 5.44. The summed E-state index contributed by atoms with van der Waals surface area (Å²) in [6.45, 7) is 3.62.